The Morgan fingerprint density at radius 3 is 2.54 bits per heavy atom. The van der Waals surface area contributed by atoms with Crippen molar-refractivity contribution in [1.82, 2.24) is 15.1 Å². The molecule has 0 radical (unpaired) electrons. The third-order valence-electron chi connectivity index (χ3n) is 6.20. The molecule has 0 saturated carbocycles. The van der Waals surface area contributed by atoms with Gasteiger partial charge in [0.25, 0.3) is 0 Å². The predicted octanol–water partition coefficient (Wildman–Crippen LogP) is 5.62. The van der Waals surface area contributed by atoms with Crippen LogP contribution in [0.4, 0.5) is 5.82 Å². The van der Waals surface area contributed by atoms with Crippen LogP contribution < -0.4 is 10.2 Å². The van der Waals surface area contributed by atoms with Crippen LogP contribution in [0.2, 0.25) is 0 Å². The number of thiophene rings is 1. The summed E-state index contributed by atoms with van der Waals surface area (Å²) in [7, 11) is 0. The van der Waals surface area contributed by atoms with Gasteiger partial charge in [-0.05, 0) is 43.8 Å². The van der Waals surface area contributed by atoms with Crippen LogP contribution in [0.1, 0.15) is 68.0 Å². The Morgan fingerprint density at radius 2 is 1.94 bits per heavy atom. The minimum atomic E-state index is -0.256. The Kier molecular flexibility index (Phi) is 7.43. The molecule has 35 heavy (non-hydrogen) atoms. The fourth-order valence-corrected chi connectivity index (χ4v) is 6.35. The SMILES string of the molecule is CC[C@H](C)NC(=O)CN1C(=O)CS[C@@H](c2cccs2)c2c(C(C)(C)C)nn(-c3ccc(C)cc3)c21. The lowest BCUT2D eigenvalue weighted by Gasteiger charge is -2.24. The molecule has 186 valence electrons. The summed E-state index contributed by atoms with van der Waals surface area (Å²) in [6, 6.07) is 12.4. The average Bonchev–Trinajstić information content (AvgIpc) is 3.44. The number of hydrogen-bond donors (Lipinski definition) is 1. The molecule has 4 rings (SSSR count). The number of nitrogens with zero attached hydrogens (tertiary/aromatic N) is 3. The standard InChI is InChI=1S/C27H34N4O2S2/c1-7-18(3)28-21(32)15-30-22(33)16-35-24(20-9-8-14-34-20)23-25(27(4,5)6)29-31(26(23)30)19-12-10-17(2)11-13-19/h8-14,18,24H,7,15-16H2,1-6H3,(H,28,32)/t18-,24-/m0/s1. The second-order valence-electron chi connectivity index (χ2n) is 10.1. The third-order valence-corrected chi connectivity index (χ3v) is 8.52. The lowest BCUT2D eigenvalue weighted by atomic mass is 9.88. The van der Waals surface area contributed by atoms with Crippen LogP contribution in [0.25, 0.3) is 5.69 Å². The monoisotopic (exact) mass is 510 g/mol. The summed E-state index contributed by atoms with van der Waals surface area (Å²) in [6.07, 6.45) is 0.830. The largest absolute Gasteiger partial charge is 0.352 e. The predicted molar refractivity (Wildman–Crippen MR) is 146 cm³/mol. The highest BCUT2D eigenvalue weighted by molar-refractivity contribution is 8.00. The molecule has 0 spiro atoms. The number of aromatic nitrogens is 2. The molecule has 3 aromatic rings. The quantitative estimate of drug-likeness (QED) is 0.467. The number of amides is 2. The highest BCUT2D eigenvalue weighted by Gasteiger charge is 2.40. The summed E-state index contributed by atoms with van der Waals surface area (Å²) in [5.74, 6) is 0.757. The molecular formula is C27H34N4O2S2. The van der Waals surface area contributed by atoms with E-state index in [-0.39, 0.29) is 35.1 Å². The maximum Gasteiger partial charge on any atom is 0.240 e. The van der Waals surface area contributed by atoms with E-state index in [4.69, 9.17) is 5.10 Å². The maximum absolute atomic E-state index is 13.6. The van der Waals surface area contributed by atoms with E-state index in [2.05, 4.69) is 37.5 Å². The summed E-state index contributed by atoms with van der Waals surface area (Å²) in [6.45, 7) is 12.5. The summed E-state index contributed by atoms with van der Waals surface area (Å²) >= 11 is 3.31. The lowest BCUT2D eigenvalue weighted by Crippen LogP contribution is -2.44. The second-order valence-corrected chi connectivity index (χ2v) is 12.2. The Balaban J connectivity index is 1.95. The van der Waals surface area contributed by atoms with Crippen LogP contribution in [0.15, 0.2) is 41.8 Å². The van der Waals surface area contributed by atoms with E-state index in [9.17, 15) is 9.59 Å². The van der Waals surface area contributed by atoms with Gasteiger partial charge in [-0.2, -0.15) is 5.10 Å². The maximum atomic E-state index is 13.6. The number of hydrogen-bond acceptors (Lipinski definition) is 5. The molecule has 1 aromatic carbocycles. The molecule has 1 aliphatic heterocycles. The minimum Gasteiger partial charge on any atom is -0.352 e. The average molecular weight is 511 g/mol. The number of carbonyl (C=O) groups excluding carboxylic acids is 2. The van der Waals surface area contributed by atoms with Crippen molar-refractivity contribution in [2.24, 2.45) is 0 Å². The molecule has 1 aliphatic rings. The van der Waals surface area contributed by atoms with Crippen molar-refractivity contribution < 1.29 is 9.59 Å². The molecule has 0 fully saturated rings. The van der Waals surface area contributed by atoms with Crippen molar-refractivity contribution in [1.29, 1.82) is 0 Å². The van der Waals surface area contributed by atoms with Crippen molar-refractivity contribution in [2.45, 2.75) is 64.7 Å². The van der Waals surface area contributed by atoms with Crippen LogP contribution in [0.5, 0.6) is 0 Å². The van der Waals surface area contributed by atoms with Crippen molar-refractivity contribution in [3.05, 3.63) is 63.5 Å². The number of benzene rings is 1. The molecule has 0 unspecified atom stereocenters. The number of thioether (sulfide) groups is 1. The fourth-order valence-electron chi connectivity index (χ4n) is 4.17. The molecule has 2 atom stereocenters. The fraction of sp³-hybridized carbons (Fsp3) is 0.444. The van der Waals surface area contributed by atoms with Crippen LogP contribution in [-0.4, -0.2) is 39.9 Å². The molecule has 1 N–H and O–H groups in total. The lowest BCUT2D eigenvalue weighted by molar-refractivity contribution is -0.123. The number of carbonyl (C=O) groups is 2. The van der Waals surface area contributed by atoms with Gasteiger partial charge in [-0.15, -0.1) is 23.1 Å². The second kappa shape index (κ2) is 10.2. The summed E-state index contributed by atoms with van der Waals surface area (Å²) in [4.78, 5) is 29.4. The zero-order chi connectivity index (χ0) is 25.3. The van der Waals surface area contributed by atoms with Crippen LogP contribution in [0.3, 0.4) is 0 Å². The Labute approximate surface area is 216 Å². The zero-order valence-electron chi connectivity index (χ0n) is 21.3. The third kappa shape index (κ3) is 5.33. The number of nitrogens with one attached hydrogen (secondary N) is 1. The molecule has 6 nitrogen and oxygen atoms in total. The van der Waals surface area contributed by atoms with Gasteiger partial charge >= 0.3 is 0 Å². The topological polar surface area (TPSA) is 67.2 Å². The van der Waals surface area contributed by atoms with E-state index >= 15 is 0 Å². The highest BCUT2D eigenvalue weighted by atomic mass is 32.2. The number of fused-ring (bicyclic) bond motifs is 1. The molecule has 2 aromatic heterocycles. The number of rotatable bonds is 6. The van der Waals surface area contributed by atoms with Gasteiger partial charge < -0.3 is 5.32 Å². The Hall–Kier alpha value is -2.58. The zero-order valence-corrected chi connectivity index (χ0v) is 22.9. The van der Waals surface area contributed by atoms with E-state index in [1.54, 1.807) is 28.0 Å². The van der Waals surface area contributed by atoms with Crippen molar-refractivity contribution in [3.8, 4) is 5.69 Å². The van der Waals surface area contributed by atoms with E-state index in [1.165, 1.54) is 4.88 Å². The van der Waals surface area contributed by atoms with Gasteiger partial charge in [0.15, 0.2) is 0 Å². The first-order valence-electron chi connectivity index (χ1n) is 12.0. The first kappa shape index (κ1) is 25.5. The molecule has 0 saturated heterocycles. The van der Waals surface area contributed by atoms with Gasteiger partial charge in [0.05, 0.1) is 22.4 Å². The van der Waals surface area contributed by atoms with Crippen LogP contribution >= 0.6 is 23.1 Å². The summed E-state index contributed by atoms with van der Waals surface area (Å²) < 4.78 is 1.87. The first-order valence-corrected chi connectivity index (χ1v) is 14.0. The smallest absolute Gasteiger partial charge is 0.240 e. The molecule has 0 aliphatic carbocycles. The van der Waals surface area contributed by atoms with Crippen LogP contribution in [0, 0.1) is 6.92 Å². The van der Waals surface area contributed by atoms with E-state index in [1.807, 2.05) is 55.8 Å². The van der Waals surface area contributed by atoms with E-state index in [0.717, 1.165) is 28.9 Å². The highest BCUT2D eigenvalue weighted by Crippen LogP contribution is 2.49. The Bertz CT molecular complexity index is 1190. The van der Waals surface area contributed by atoms with Crippen LogP contribution in [-0.2, 0) is 15.0 Å². The number of anilines is 1. The summed E-state index contributed by atoms with van der Waals surface area (Å²) in [5, 5.41) is 10.2. The molecule has 0 bridgehead atoms. The van der Waals surface area contributed by atoms with Gasteiger partial charge in [-0.3, -0.25) is 14.5 Å². The summed E-state index contributed by atoms with van der Waals surface area (Å²) in [5.41, 5.74) is 3.73. The van der Waals surface area contributed by atoms with E-state index in [0.29, 0.717) is 11.6 Å². The minimum absolute atomic E-state index is 0.0327. The molecule has 3 heterocycles. The van der Waals surface area contributed by atoms with Gasteiger partial charge in [0, 0.05) is 21.9 Å². The van der Waals surface area contributed by atoms with Crippen molar-refractivity contribution in [2.75, 3.05) is 17.2 Å². The van der Waals surface area contributed by atoms with Gasteiger partial charge in [-0.25, -0.2) is 4.68 Å². The van der Waals surface area contributed by atoms with Crippen molar-refractivity contribution >= 4 is 40.7 Å². The van der Waals surface area contributed by atoms with Gasteiger partial charge in [-0.1, -0.05) is 51.5 Å². The molecule has 2 amide bonds. The van der Waals surface area contributed by atoms with Gasteiger partial charge in [0.2, 0.25) is 11.8 Å². The molecule has 8 heteroatoms. The number of aryl methyl sites for hydroxylation is 1. The normalized spacial score (nSPS) is 17.1. The van der Waals surface area contributed by atoms with Crippen molar-refractivity contribution in [3.63, 3.8) is 0 Å². The van der Waals surface area contributed by atoms with E-state index < -0.39 is 0 Å². The molecular weight excluding hydrogens is 476 g/mol. The first-order chi connectivity index (χ1) is 16.6. The van der Waals surface area contributed by atoms with Gasteiger partial charge in [0.1, 0.15) is 12.4 Å². The Morgan fingerprint density at radius 1 is 1.23 bits per heavy atom.